The summed E-state index contributed by atoms with van der Waals surface area (Å²) in [6, 6.07) is 17.8. The first-order chi connectivity index (χ1) is 10.4. The van der Waals surface area contributed by atoms with Crippen molar-refractivity contribution in [2.24, 2.45) is 0 Å². The number of hydrogen-bond donors (Lipinski definition) is 2. The van der Waals surface area contributed by atoms with Gasteiger partial charge in [0, 0.05) is 18.0 Å². The molecular weight excluding hydrogens is 274 g/mol. The molecule has 22 heavy (non-hydrogen) atoms. The molecule has 0 saturated heterocycles. The smallest absolute Gasteiger partial charge is 0.335 e. The first-order valence-corrected chi connectivity index (χ1v) is 7.52. The maximum Gasteiger partial charge on any atom is 0.335 e. The van der Waals surface area contributed by atoms with Crippen LogP contribution in [0.25, 0.3) is 0 Å². The van der Waals surface area contributed by atoms with Crippen molar-refractivity contribution in [3.63, 3.8) is 0 Å². The van der Waals surface area contributed by atoms with E-state index in [1.807, 2.05) is 18.2 Å². The number of rotatable bonds is 6. The molecule has 0 aliphatic rings. The molecule has 0 radical (unpaired) electrons. The maximum absolute atomic E-state index is 10.9. The Bertz CT molecular complexity index is 618. The minimum atomic E-state index is -0.891. The molecule has 116 valence electrons. The highest BCUT2D eigenvalue weighted by atomic mass is 16.4. The number of carboxylic acid groups (broad SMARTS) is 1. The minimum absolute atomic E-state index is 0.0161. The molecule has 0 spiro atoms. The predicted molar refractivity (Wildman–Crippen MR) is 89.2 cm³/mol. The van der Waals surface area contributed by atoms with Gasteiger partial charge in [0.15, 0.2) is 0 Å². The number of carbonyl (C=O) groups is 1. The molecule has 3 nitrogen and oxygen atoms in total. The Morgan fingerprint density at radius 1 is 1.09 bits per heavy atom. The van der Waals surface area contributed by atoms with Gasteiger partial charge in [-0.25, -0.2) is 4.79 Å². The van der Waals surface area contributed by atoms with Crippen LogP contribution in [0.1, 0.15) is 42.3 Å². The summed E-state index contributed by atoms with van der Waals surface area (Å²) in [7, 11) is 0. The molecule has 1 atom stereocenters. The summed E-state index contributed by atoms with van der Waals surface area (Å²) in [6.45, 7) is 7.36. The van der Waals surface area contributed by atoms with Crippen LogP contribution in [0.15, 0.2) is 54.6 Å². The van der Waals surface area contributed by atoms with Crippen molar-refractivity contribution >= 4 is 5.97 Å². The second kappa shape index (κ2) is 6.75. The molecule has 2 aromatic rings. The van der Waals surface area contributed by atoms with Crippen molar-refractivity contribution < 1.29 is 9.90 Å². The molecule has 0 bridgehead atoms. The van der Waals surface area contributed by atoms with E-state index in [0.717, 1.165) is 12.1 Å². The first kappa shape index (κ1) is 16.2. The highest BCUT2D eigenvalue weighted by Crippen LogP contribution is 2.27. The van der Waals surface area contributed by atoms with Crippen LogP contribution in [0.3, 0.4) is 0 Å². The van der Waals surface area contributed by atoms with Crippen LogP contribution in [0.4, 0.5) is 0 Å². The summed E-state index contributed by atoms with van der Waals surface area (Å²) in [6.07, 6.45) is 0. The first-order valence-electron chi connectivity index (χ1n) is 7.52. The lowest BCUT2D eigenvalue weighted by Gasteiger charge is -2.33. The van der Waals surface area contributed by atoms with Gasteiger partial charge in [0.25, 0.3) is 0 Å². The molecule has 2 aromatic carbocycles. The topological polar surface area (TPSA) is 49.3 Å². The SMILES string of the molecule is CC(NCc1ccc(C(=O)O)cc1)C(C)(C)c1ccccc1. The van der Waals surface area contributed by atoms with Crippen molar-refractivity contribution in [2.45, 2.75) is 38.8 Å². The van der Waals surface area contributed by atoms with E-state index in [4.69, 9.17) is 5.11 Å². The van der Waals surface area contributed by atoms with E-state index >= 15 is 0 Å². The molecule has 0 aromatic heterocycles. The average molecular weight is 297 g/mol. The quantitative estimate of drug-likeness (QED) is 0.851. The molecule has 0 fully saturated rings. The minimum Gasteiger partial charge on any atom is -0.478 e. The highest BCUT2D eigenvalue weighted by Gasteiger charge is 2.27. The van der Waals surface area contributed by atoms with Gasteiger partial charge >= 0.3 is 5.97 Å². The van der Waals surface area contributed by atoms with Gasteiger partial charge < -0.3 is 10.4 Å². The number of benzene rings is 2. The lowest BCUT2D eigenvalue weighted by atomic mass is 9.78. The molecule has 1 unspecified atom stereocenters. The third-order valence-corrected chi connectivity index (χ3v) is 4.41. The van der Waals surface area contributed by atoms with E-state index in [2.05, 4.69) is 50.4 Å². The standard InChI is InChI=1S/C19H23NO2/c1-14(19(2,3)17-7-5-4-6-8-17)20-13-15-9-11-16(12-10-15)18(21)22/h4-12,14,20H,13H2,1-3H3,(H,21,22). The fourth-order valence-electron chi connectivity index (χ4n) is 2.41. The molecular formula is C19H23NO2. The summed E-state index contributed by atoms with van der Waals surface area (Å²) in [5, 5.41) is 12.4. The Labute approximate surface area is 132 Å². The Kier molecular flexibility index (Phi) is 4.99. The monoisotopic (exact) mass is 297 g/mol. The van der Waals surface area contributed by atoms with Crippen LogP contribution in [-0.2, 0) is 12.0 Å². The number of aromatic carboxylic acids is 1. The van der Waals surface area contributed by atoms with Gasteiger partial charge in [-0.1, -0.05) is 56.3 Å². The zero-order chi connectivity index (χ0) is 16.2. The van der Waals surface area contributed by atoms with E-state index in [0.29, 0.717) is 5.56 Å². The molecule has 0 amide bonds. The Balaban J connectivity index is 2.00. The van der Waals surface area contributed by atoms with Gasteiger partial charge in [0.05, 0.1) is 5.56 Å². The summed E-state index contributed by atoms with van der Waals surface area (Å²) in [5.41, 5.74) is 2.72. The van der Waals surface area contributed by atoms with Crippen molar-refractivity contribution in [1.82, 2.24) is 5.32 Å². The van der Waals surface area contributed by atoms with Gasteiger partial charge in [-0.2, -0.15) is 0 Å². The second-order valence-electron chi connectivity index (χ2n) is 6.19. The third kappa shape index (κ3) is 3.74. The average Bonchev–Trinajstić information content (AvgIpc) is 2.53. The van der Waals surface area contributed by atoms with E-state index in [9.17, 15) is 4.79 Å². The number of nitrogens with one attached hydrogen (secondary N) is 1. The normalized spacial score (nSPS) is 12.9. The van der Waals surface area contributed by atoms with Gasteiger partial charge in [0.1, 0.15) is 0 Å². The Morgan fingerprint density at radius 3 is 2.23 bits per heavy atom. The van der Waals surface area contributed by atoms with Crippen LogP contribution in [0, 0.1) is 0 Å². The fourth-order valence-corrected chi connectivity index (χ4v) is 2.41. The van der Waals surface area contributed by atoms with Crippen LogP contribution < -0.4 is 5.32 Å². The molecule has 0 heterocycles. The molecule has 0 aliphatic carbocycles. The van der Waals surface area contributed by atoms with Crippen LogP contribution in [-0.4, -0.2) is 17.1 Å². The van der Waals surface area contributed by atoms with E-state index in [1.165, 1.54) is 5.56 Å². The van der Waals surface area contributed by atoms with Gasteiger partial charge in [-0.15, -0.1) is 0 Å². The van der Waals surface area contributed by atoms with E-state index in [-0.39, 0.29) is 11.5 Å². The van der Waals surface area contributed by atoms with Gasteiger partial charge in [0.2, 0.25) is 0 Å². The second-order valence-corrected chi connectivity index (χ2v) is 6.19. The zero-order valence-corrected chi connectivity index (χ0v) is 13.3. The summed E-state index contributed by atoms with van der Waals surface area (Å²) in [5.74, 6) is -0.891. The Hall–Kier alpha value is -2.13. The van der Waals surface area contributed by atoms with E-state index in [1.54, 1.807) is 12.1 Å². The van der Waals surface area contributed by atoms with E-state index < -0.39 is 5.97 Å². The van der Waals surface area contributed by atoms with Crippen LogP contribution in [0.2, 0.25) is 0 Å². The molecule has 2 rings (SSSR count). The largest absolute Gasteiger partial charge is 0.478 e. The van der Waals surface area contributed by atoms with Crippen molar-refractivity contribution in [3.05, 3.63) is 71.3 Å². The lowest BCUT2D eigenvalue weighted by molar-refractivity contribution is 0.0697. The van der Waals surface area contributed by atoms with Crippen LogP contribution >= 0.6 is 0 Å². The maximum atomic E-state index is 10.9. The van der Waals surface area contributed by atoms with Crippen molar-refractivity contribution in [2.75, 3.05) is 0 Å². The van der Waals surface area contributed by atoms with Gasteiger partial charge in [-0.05, 0) is 30.2 Å². The van der Waals surface area contributed by atoms with Crippen LogP contribution in [0.5, 0.6) is 0 Å². The third-order valence-electron chi connectivity index (χ3n) is 4.41. The lowest BCUT2D eigenvalue weighted by Crippen LogP contribution is -2.42. The summed E-state index contributed by atoms with van der Waals surface area (Å²) < 4.78 is 0. The Morgan fingerprint density at radius 2 is 1.68 bits per heavy atom. The molecule has 0 saturated carbocycles. The summed E-state index contributed by atoms with van der Waals surface area (Å²) in [4.78, 5) is 10.9. The summed E-state index contributed by atoms with van der Waals surface area (Å²) >= 11 is 0. The fraction of sp³-hybridized carbons (Fsp3) is 0.316. The highest BCUT2D eigenvalue weighted by molar-refractivity contribution is 5.87. The zero-order valence-electron chi connectivity index (χ0n) is 13.3. The molecule has 3 heteroatoms. The predicted octanol–water partition coefficient (Wildman–Crippen LogP) is 3.84. The van der Waals surface area contributed by atoms with Crippen molar-refractivity contribution in [1.29, 1.82) is 0 Å². The number of hydrogen-bond acceptors (Lipinski definition) is 2. The number of carboxylic acids is 1. The van der Waals surface area contributed by atoms with Crippen molar-refractivity contribution in [3.8, 4) is 0 Å². The molecule has 2 N–H and O–H groups in total. The molecule has 0 aliphatic heterocycles. The van der Waals surface area contributed by atoms with Gasteiger partial charge in [-0.3, -0.25) is 0 Å².